The predicted molar refractivity (Wildman–Crippen MR) is 104 cm³/mol. The van der Waals surface area contributed by atoms with Crippen molar-refractivity contribution in [3.8, 4) is 0 Å². The van der Waals surface area contributed by atoms with Crippen LogP contribution >= 0.6 is 11.6 Å². The highest BCUT2D eigenvalue weighted by molar-refractivity contribution is 6.28. The van der Waals surface area contributed by atoms with Gasteiger partial charge in [-0.05, 0) is 42.3 Å². The molecule has 0 fully saturated rings. The normalized spacial score (nSPS) is 11.4. The van der Waals surface area contributed by atoms with Crippen LogP contribution < -0.4 is 10.6 Å². The second kappa shape index (κ2) is 8.48. The molecule has 0 saturated heterocycles. The molecule has 0 atom stereocenters. The van der Waals surface area contributed by atoms with Gasteiger partial charge in [0.2, 0.25) is 5.28 Å². The van der Waals surface area contributed by atoms with Crippen molar-refractivity contribution >= 4 is 39.7 Å². The van der Waals surface area contributed by atoms with Gasteiger partial charge in [-0.15, -0.1) is 0 Å². The van der Waals surface area contributed by atoms with Crippen LogP contribution in [0.25, 0.3) is 10.9 Å². The second-order valence-electron chi connectivity index (χ2n) is 6.05. The first-order chi connectivity index (χ1) is 13.8. The van der Waals surface area contributed by atoms with Gasteiger partial charge in [-0.2, -0.15) is 13.2 Å². The summed E-state index contributed by atoms with van der Waals surface area (Å²) in [5.41, 5.74) is -0.975. The first-order valence-corrected chi connectivity index (χ1v) is 8.89. The molecule has 0 saturated carbocycles. The van der Waals surface area contributed by atoms with E-state index in [1.54, 1.807) is 6.07 Å². The molecule has 2 aromatic carbocycles. The standard InChI is InChI=1S/C18H15ClF3N5O2/c19-17-25-13-5-2-1-4-12(13)16(26-17)24-9-3-8-23-14-7-6-11(18(20,21)22)10-15(14)27(28)29/h1-2,4-7,10,23H,3,8-9H2,(H,24,25,26). The van der Waals surface area contributed by atoms with Crippen LogP contribution in [0.2, 0.25) is 5.28 Å². The Kier molecular flexibility index (Phi) is 6.02. The number of fused-ring (bicyclic) bond motifs is 1. The van der Waals surface area contributed by atoms with Crippen molar-refractivity contribution in [1.29, 1.82) is 0 Å². The van der Waals surface area contributed by atoms with Gasteiger partial charge in [0, 0.05) is 24.5 Å². The molecule has 152 valence electrons. The number of halogens is 4. The Morgan fingerprint density at radius 3 is 2.52 bits per heavy atom. The van der Waals surface area contributed by atoms with Crippen molar-refractivity contribution in [2.24, 2.45) is 0 Å². The molecule has 11 heteroatoms. The molecule has 0 aliphatic carbocycles. The fraction of sp³-hybridized carbons (Fsp3) is 0.222. The summed E-state index contributed by atoms with van der Waals surface area (Å²) in [4.78, 5) is 18.5. The number of nitrogens with zero attached hydrogens (tertiary/aromatic N) is 3. The summed E-state index contributed by atoms with van der Waals surface area (Å²) in [6.07, 6.45) is -4.12. The Labute approximate surface area is 168 Å². The molecule has 0 bridgehead atoms. The van der Waals surface area contributed by atoms with Crippen LogP contribution in [-0.2, 0) is 6.18 Å². The summed E-state index contributed by atoms with van der Waals surface area (Å²) in [5.74, 6) is 0.557. The number of para-hydroxylation sites is 1. The third-order valence-electron chi connectivity index (χ3n) is 4.06. The molecule has 0 amide bonds. The zero-order valence-electron chi connectivity index (χ0n) is 14.8. The summed E-state index contributed by atoms with van der Waals surface area (Å²) in [5, 5.41) is 17.9. The topological polar surface area (TPSA) is 93.0 Å². The average Bonchev–Trinajstić information content (AvgIpc) is 2.66. The molecule has 3 aromatic rings. The average molecular weight is 426 g/mol. The minimum Gasteiger partial charge on any atom is -0.379 e. The number of anilines is 2. The number of benzene rings is 2. The number of alkyl halides is 3. The third kappa shape index (κ3) is 5.02. The highest BCUT2D eigenvalue weighted by Gasteiger charge is 2.32. The summed E-state index contributed by atoms with van der Waals surface area (Å²) < 4.78 is 38.2. The van der Waals surface area contributed by atoms with E-state index in [1.165, 1.54) is 0 Å². The Hall–Kier alpha value is -3.14. The quantitative estimate of drug-likeness (QED) is 0.236. The zero-order chi connectivity index (χ0) is 21.0. The van der Waals surface area contributed by atoms with Crippen LogP contribution in [0.15, 0.2) is 42.5 Å². The smallest absolute Gasteiger partial charge is 0.379 e. The lowest BCUT2D eigenvalue weighted by Crippen LogP contribution is -2.12. The van der Waals surface area contributed by atoms with E-state index in [0.29, 0.717) is 36.9 Å². The lowest BCUT2D eigenvalue weighted by Gasteiger charge is -2.11. The van der Waals surface area contributed by atoms with E-state index in [-0.39, 0.29) is 11.0 Å². The van der Waals surface area contributed by atoms with E-state index in [0.717, 1.165) is 17.5 Å². The molecule has 1 aromatic heterocycles. The van der Waals surface area contributed by atoms with E-state index in [9.17, 15) is 23.3 Å². The zero-order valence-corrected chi connectivity index (χ0v) is 15.6. The van der Waals surface area contributed by atoms with Crippen molar-refractivity contribution in [3.05, 3.63) is 63.4 Å². The summed E-state index contributed by atoms with van der Waals surface area (Å²) in [6, 6.07) is 9.72. The van der Waals surface area contributed by atoms with Crippen molar-refractivity contribution in [2.45, 2.75) is 12.6 Å². The number of aromatic nitrogens is 2. The van der Waals surface area contributed by atoms with Gasteiger partial charge in [-0.1, -0.05) is 12.1 Å². The SMILES string of the molecule is O=[N+]([O-])c1cc(C(F)(F)F)ccc1NCCCNc1nc(Cl)nc2ccccc12. The van der Waals surface area contributed by atoms with Crippen LogP contribution in [0.4, 0.5) is 30.4 Å². The van der Waals surface area contributed by atoms with Crippen molar-refractivity contribution in [2.75, 3.05) is 23.7 Å². The highest BCUT2D eigenvalue weighted by atomic mass is 35.5. The van der Waals surface area contributed by atoms with Crippen LogP contribution in [0, 0.1) is 10.1 Å². The maximum absolute atomic E-state index is 12.7. The van der Waals surface area contributed by atoms with Crippen LogP contribution in [0.5, 0.6) is 0 Å². The molecular formula is C18H15ClF3N5O2. The fourth-order valence-corrected chi connectivity index (χ4v) is 2.89. The van der Waals surface area contributed by atoms with Gasteiger partial charge in [0.15, 0.2) is 0 Å². The number of nitro groups is 1. The first kappa shape index (κ1) is 20.6. The predicted octanol–water partition coefficient (Wildman–Crippen LogP) is 5.12. The van der Waals surface area contributed by atoms with E-state index in [4.69, 9.17) is 11.6 Å². The second-order valence-corrected chi connectivity index (χ2v) is 6.39. The van der Waals surface area contributed by atoms with Gasteiger partial charge in [-0.3, -0.25) is 10.1 Å². The molecule has 0 radical (unpaired) electrons. The molecule has 29 heavy (non-hydrogen) atoms. The number of nitrogens with one attached hydrogen (secondary N) is 2. The molecule has 0 aliphatic heterocycles. The highest BCUT2D eigenvalue weighted by Crippen LogP contribution is 2.34. The number of rotatable bonds is 7. The number of nitro benzene ring substituents is 1. The number of hydrogen-bond acceptors (Lipinski definition) is 6. The molecule has 1 heterocycles. The molecule has 7 nitrogen and oxygen atoms in total. The van der Waals surface area contributed by atoms with Crippen LogP contribution in [0.1, 0.15) is 12.0 Å². The summed E-state index contributed by atoms with van der Waals surface area (Å²) >= 11 is 5.92. The maximum Gasteiger partial charge on any atom is 0.416 e. The van der Waals surface area contributed by atoms with E-state index >= 15 is 0 Å². The molecule has 0 spiro atoms. The Balaban J connectivity index is 1.61. The summed E-state index contributed by atoms with van der Waals surface area (Å²) in [7, 11) is 0. The Morgan fingerprint density at radius 1 is 1.07 bits per heavy atom. The van der Waals surface area contributed by atoms with E-state index in [2.05, 4.69) is 20.6 Å². The first-order valence-electron chi connectivity index (χ1n) is 8.51. The van der Waals surface area contributed by atoms with E-state index in [1.807, 2.05) is 18.2 Å². The third-order valence-corrected chi connectivity index (χ3v) is 4.23. The lowest BCUT2D eigenvalue weighted by molar-refractivity contribution is -0.384. The van der Waals surface area contributed by atoms with Crippen molar-refractivity contribution in [1.82, 2.24) is 9.97 Å². The molecule has 0 aliphatic rings. The van der Waals surface area contributed by atoms with E-state index < -0.39 is 22.4 Å². The van der Waals surface area contributed by atoms with Gasteiger partial charge in [-0.25, -0.2) is 9.97 Å². The Morgan fingerprint density at radius 2 is 1.79 bits per heavy atom. The van der Waals surface area contributed by atoms with Crippen molar-refractivity contribution < 1.29 is 18.1 Å². The molecule has 0 unspecified atom stereocenters. The number of hydrogen-bond donors (Lipinski definition) is 2. The maximum atomic E-state index is 12.7. The minimum absolute atomic E-state index is 0.0264. The minimum atomic E-state index is -4.64. The van der Waals surface area contributed by atoms with Crippen LogP contribution in [-0.4, -0.2) is 28.0 Å². The van der Waals surface area contributed by atoms with Gasteiger partial charge in [0.1, 0.15) is 11.5 Å². The largest absolute Gasteiger partial charge is 0.416 e. The molecule has 3 rings (SSSR count). The van der Waals surface area contributed by atoms with Crippen LogP contribution in [0.3, 0.4) is 0 Å². The molecular weight excluding hydrogens is 411 g/mol. The monoisotopic (exact) mass is 425 g/mol. The lowest BCUT2D eigenvalue weighted by atomic mass is 10.1. The van der Waals surface area contributed by atoms with Crippen molar-refractivity contribution in [3.63, 3.8) is 0 Å². The van der Waals surface area contributed by atoms with Gasteiger partial charge < -0.3 is 10.6 Å². The fourth-order valence-electron chi connectivity index (χ4n) is 2.71. The Bertz CT molecular complexity index is 1050. The molecule has 2 N–H and O–H groups in total. The van der Waals surface area contributed by atoms with Gasteiger partial charge >= 0.3 is 6.18 Å². The summed E-state index contributed by atoms with van der Waals surface area (Å²) in [6.45, 7) is 0.759. The van der Waals surface area contributed by atoms with Gasteiger partial charge in [0.05, 0.1) is 16.0 Å². The van der Waals surface area contributed by atoms with Gasteiger partial charge in [0.25, 0.3) is 5.69 Å².